The molecule has 1 saturated heterocycles. The van der Waals surface area contributed by atoms with Crippen molar-refractivity contribution in [2.45, 2.75) is 12.8 Å². The van der Waals surface area contributed by atoms with Crippen molar-refractivity contribution in [3.63, 3.8) is 0 Å². The maximum absolute atomic E-state index is 10.5. The van der Waals surface area contributed by atoms with Crippen molar-refractivity contribution in [3.8, 4) is 0 Å². The van der Waals surface area contributed by atoms with Crippen LogP contribution in [0.2, 0.25) is 0 Å². The third kappa shape index (κ3) is 1.20. The minimum Gasteiger partial charge on any atom is -0.346 e. The van der Waals surface area contributed by atoms with Crippen LogP contribution in [0.1, 0.15) is 12.8 Å². The predicted octanol–water partition coefficient (Wildman–Crippen LogP) is -0.242. The summed E-state index contributed by atoms with van der Waals surface area (Å²) in [4.78, 5) is 12.3. The molecular weight excluding hydrogens is 104 g/mol. The molecule has 3 nitrogen and oxygen atoms in total. The first-order chi connectivity index (χ1) is 3.30. The SMILES string of the molecule is CN1CCCC1=O.[N]. The number of hydrogen-bond donors (Lipinski definition) is 0. The smallest absolute Gasteiger partial charge is 0.222 e. The highest BCUT2D eigenvalue weighted by Gasteiger charge is 2.14. The zero-order chi connectivity index (χ0) is 5.28. The van der Waals surface area contributed by atoms with Gasteiger partial charge in [-0.2, -0.15) is 0 Å². The molecular formula is C5H9N2O. The van der Waals surface area contributed by atoms with Crippen LogP contribution < -0.4 is 6.15 Å². The first-order valence-electron chi connectivity index (χ1n) is 2.54. The quantitative estimate of drug-likeness (QED) is 0.427. The number of likely N-dealkylation sites (tertiary alicyclic amines) is 1. The van der Waals surface area contributed by atoms with Crippen LogP contribution in [-0.4, -0.2) is 24.4 Å². The fourth-order valence-corrected chi connectivity index (χ4v) is 0.783. The third-order valence-corrected chi connectivity index (χ3v) is 1.31. The van der Waals surface area contributed by atoms with E-state index in [4.69, 9.17) is 0 Å². The van der Waals surface area contributed by atoms with Crippen LogP contribution in [0.4, 0.5) is 0 Å². The van der Waals surface area contributed by atoms with Crippen molar-refractivity contribution < 1.29 is 4.79 Å². The number of amides is 1. The van der Waals surface area contributed by atoms with Gasteiger partial charge in [0.15, 0.2) is 0 Å². The van der Waals surface area contributed by atoms with Gasteiger partial charge in [0.05, 0.1) is 0 Å². The van der Waals surface area contributed by atoms with Crippen molar-refractivity contribution in [1.29, 1.82) is 0 Å². The monoisotopic (exact) mass is 113 g/mol. The van der Waals surface area contributed by atoms with E-state index < -0.39 is 0 Å². The van der Waals surface area contributed by atoms with Gasteiger partial charge in [-0.15, -0.1) is 0 Å². The van der Waals surface area contributed by atoms with E-state index in [9.17, 15) is 4.79 Å². The summed E-state index contributed by atoms with van der Waals surface area (Å²) >= 11 is 0. The Bertz CT molecular complexity index is 92.4. The molecule has 1 aliphatic rings. The topological polar surface area (TPSA) is 50.8 Å². The molecule has 1 amide bonds. The molecule has 1 aliphatic heterocycles. The van der Waals surface area contributed by atoms with Gasteiger partial charge in [0.1, 0.15) is 0 Å². The lowest BCUT2D eigenvalue weighted by atomic mass is 10.4. The summed E-state index contributed by atoms with van der Waals surface area (Å²) < 4.78 is 0. The fourth-order valence-electron chi connectivity index (χ4n) is 0.783. The number of hydrogen-bond acceptors (Lipinski definition) is 1. The van der Waals surface area contributed by atoms with Crippen molar-refractivity contribution in [1.82, 2.24) is 11.1 Å². The predicted molar refractivity (Wildman–Crippen MR) is 29.0 cm³/mol. The second kappa shape index (κ2) is 2.67. The summed E-state index contributed by atoms with van der Waals surface area (Å²) in [6.45, 7) is 0.957. The lowest BCUT2D eigenvalue weighted by Gasteiger charge is -2.03. The lowest BCUT2D eigenvalue weighted by Crippen LogP contribution is -2.17. The molecule has 3 heteroatoms. The van der Waals surface area contributed by atoms with Crippen molar-refractivity contribution in [3.05, 3.63) is 0 Å². The number of rotatable bonds is 0. The molecule has 0 spiro atoms. The normalized spacial score (nSPS) is 18.6. The Balaban J connectivity index is 0.000000490. The van der Waals surface area contributed by atoms with Gasteiger partial charge in [-0.1, -0.05) is 0 Å². The molecule has 3 radical (unpaired) electrons. The Morgan fingerprint density at radius 2 is 2.25 bits per heavy atom. The third-order valence-electron chi connectivity index (χ3n) is 1.31. The van der Waals surface area contributed by atoms with Gasteiger partial charge in [-0.3, -0.25) is 4.79 Å². The minimum absolute atomic E-state index is 0. The highest BCUT2D eigenvalue weighted by atomic mass is 16.2. The first kappa shape index (κ1) is 7.43. The molecule has 0 aliphatic carbocycles. The van der Waals surface area contributed by atoms with Crippen molar-refractivity contribution in [2.75, 3.05) is 13.6 Å². The van der Waals surface area contributed by atoms with Gasteiger partial charge in [-0.05, 0) is 6.42 Å². The summed E-state index contributed by atoms with van der Waals surface area (Å²) in [5.41, 5.74) is 0. The number of carbonyl (C=O) groups excluding carboxylic acids is 1. The summed E-state index contributed by atoms with van der Waals surface area (Å²) in [6, 6.07) is 0. The minimum atomic E-state index is 0. The Labute approximate surface area is 49.3 Å². The van der Waals surface area contributed by atoms with Gasteiger partial charge >= 0.3 is 0 Å². The van der Waals surface area contributed by atoms with Gasteiger partial charge in [-0.25, -0.2) is 0 Å². The second-order valence-corrected chi connectivity index (χ2v) is 1.92. The van der Waals surface area contributed by atoms with Gasteiger partial charge in [0, 0.05) is 26.2 Å². The molecule has 1 rings (SSSR count). The van der Waals surface area contributed by atoms with E-state index in [2.05, 4.69) is 0 Å². The molecule has 0 aromatic rings. The Morgan fingerprint density at radius 1 is 1.62 bits per heavy atom. The summed E-state index contributed by atoms with van der Waals surface area (Å²) in [5.74, 6) is 0.292. The van der Waals surface area contributed by atoms with Crippen molar-refractivity contribution >= 4 is 5.91 Å². The van der Waals surface area contributed by atoms with Crippen LogP contribution in [0.5, 0.6) is 0 Å². The molecule has 0 bridgehead atoms. The number of nitrogens with zero attached hydrogens (tertiary/aromatic N) is 2. The first-order valence-corrected chi connectivity index (χ1v) is 2.54. The molecule has 0 unspecified atom stereocenters. The van der Waals surface area contributed by atoms with E-state index in [1.807, 2.05) is 7.05 Å². The highest BCUT2D eigenvalue weighted by Crippen LogP contribution is 2.04. The van der Waals surface area contributed by atoms with Crippen LogP contribution in [0.25, 0.3) is 0 Å². The fraction of sp³-hybridized carbons (Fsp3) is 0.800. The molecule has 1 fully saturated rings. The summed E-state index contributed by atoms with van der Waals surface area (Å²) in [5, 5.41) is 0. The lowest BCUT2D eigenvalue weighted by molar-refractivity contribution is -0.126. The Hall–Kier alpha value is -0.570. The van der Waals surface area contributed by atoms with E-state index in [0.717, 1.165) is 19.4 Å². The van der Waals surface area contributed by atoms with Gasteiger partial charge in [0.25, 0.3) is 0 Å². The standard InChI is InChI=1S/C5H9NO.N/c1-6-4-2-3-5(6)7;/h2-4H2,1H3;. The van der Waals surface area contributed by atoms with Crippen LogP contribution in [0.3, 0.4) is 0 Å². The molecule has 0 saturated carbocycles. The largest absolute Gasteiger partial charge is 0.346 e. The molecule has 1 heterocycles. The van der Waals surface area contributed by atoms with Crippen LogP contribution in [0, 0.1) is 0 Å². The van der Waals surface area contributed by atoms with E-state index in [1.165, 1.54) is 0 Å². The molecule has 0 aromatic heterocycles. The van der Waals surface area contributed by atoms with Crippen LogP contribution in [-0.2, 0) is 4.79 Å². The number of carbonyl (C=O) groups is 1. The maximum atomic E-state index is 10.5. The van der Waals surface area contributed by atoms with E-state index in [0.29, 0.717) is 5.91 Å². The van der Waals surface area contributed by atoms with E-state index >= 15 is 0 Å². The second-order valence-electron chi connectivity index (χ2n) is 1.92. The molecule has 0 aromatic carbocycles. The highest BCUT2D eigenvalue weighted by molar-refractivity contribution is 5.77. The van der Waals surface area contributed by atoms with E-state index in [1.54, 1.807) is 4.90 Å². The summed E-state index contributed by atoms with van der Waals surface area (Å²) in [7, 11) is 1.84. The summed E-state index contributed by atoms with van der Waals surface area (Å²) in [6.07, 6.45) is 1.81. The molecule has 0 N–H and O–H groups in total. The van der Waals surface area contributed by atoms with Gasteiger partial charge in [0.2, 0.25) is 5.91 Å². The van der Waals surface area contributed by atoms with Crippen molar-refractivity contribution in [2.24, 2.45) is 0 Å². The maximum Gasteiger partial charge on any atom is 0.222 e. The molecule has 45 valence electrons. The zero-order valence-electron chi connectivity index (χ0n) is 4.92. The Kier molecular flexibility index (Phi) is 2.48. The zero-order valence-corrected chi connectivity index (χ0v) is 4.92. The molecule has 8 heavy (non-hydrogen) atoms. The van der Waals surface area contributed by atoms with E-state index in [-0.39, 0.29) is 6.15 Å². The van der Waals surface area contributed by atoms with Gasteiger partial charge < -0.3 is 4.90 Å². The molecule has 0 atom stereocenters. The van der Waals surface area contributed by atoms with Crippen LogP contribution >= 0.6 is 0 Å². The Morgan fingerprint density at radius 3 is 2.38 bits per heavy atom. The van der Waals surface area contributed by atoms with Crippen LogP contribution in [0.15, 0.2) is 0 Å². The average Bonchev–Trinajstić information content (AvgIpc) is 1.91. The average molecular weight is 113 g/mol.